The molecule has 3 aromatic carbocycles. The van der Waals surface area contributed by atoms with E-state index in [-0.39, 0.29) is 17.6 Å². The molecule has 2 N–H and O–H groups in total. The van der Waals surface area contributed by atoms with Gasteiger partial charge in [-0.3, -0.25) is 14.6 Å². The molecule has 1 saturated carbocycles. The Labute approximate surface area is 230 Å². The van der Waals surface area contributed by atoms with Crippen LogP contribution in [0.1, 0.15) is 39.3 Å². The molecular weight excluding hydrogens is 509 g/mol. The predicted octanol–water partition coefficient (Wildman–Crippen LogP) is 6.09. The van der Waals surface area contributed by atoms with E-state index in [0.717, 1.165) is 24.1 Å². The van der Waals surface area contributed by atoms with Gasteiger partial charge in [0.2, 0.25) is 0 Å². The van der Waals surface area contributed by atoms with Crippen LogP contribution in [0.5, 0.6) is 5.75 Å². The summed E-state index contributed by atoms with van der Waals surface area (Å²) in [4.78, 5) is 30.8. The zero-order valence-corrected chi connectivity index (χ0v) is 22.0. The molecule has 0 spiro atoms. The fourth-order valence-electron chi connectivity index (χ4n) is 5.00. The van der Waals surface area contributed by atoms with Gasteiger partial charge in [0.05, 0.1) is 23.9 Å². The number of nitrogens with one attached hydrogen (secondary N) is 2. The zero-order chi connectivity index (χ0) is 27.9. The number of pyridine rings is 1. The van der Waals surface area contributed by atoms with Gasteiger partial charge in [0.25, 0.3) is 11.8 Å². The SMILES string of the molecule is CNC(=O)c1c(-c2ccc(F)cc2)oc2ccc(-c3cc(C(=O)NC4(c5ccccn5)CC4)ccc3OC)cc12. The van der Waals surface area contributed by atoms with Crippen molar-refractivity contribution < 1.29 is 23.1 Å². The Balaban J connectivity index is 1.41. The van der Waals surface area contributed by atoms with Gasteiger partial charge in [-0.05, 0) is 85.1 Å². The Hall–Kier alpha value is -4.98. The van der Waals surface area contributed by atoms with E-state index >= 15 is 0 Å². The molecule has 1 fully saturated rings. The number of furan rings is 1. The van der Waals surface area contributed by atoms with Gasteiger partial charge < -0.3 is 19.8 Å². The molecule has 0 bridgehead atoms. The number of fused-ring (bicyclic) bond motifs is 1. The lowest BCUT2D eigenvalue weighted by atomic mass is 9.98. The summed E-state index contributed by atoms with van der Waals surface area (Å²) in [6, 6.07) is 22.2. The molecule has 40 heavy (non-hydrogen) atoms. The molecule has 200 valence electrons. The molecule has 5 aromatic rings. The number of halogens is 1. The number of carbonyl (C=O) groups is 2. The minimum atomic E-state index is -0.451. The van der Waals surface area contributed by atoms with Crippen LogP contribution < -0.4 is 15.4 Å². The molecule has 1 aliphatic carbocycles. The van der Waals surface area contributed by atoms with Crippen molar-refractivity contribution in [3.63, 3.8) is 0 Å². The molecular formula is C32H26FN3O4. The van der Waals surface area contributed by atoms with Crippen LogP contribution in [0, 0.1) is 5.82 Å². The molecule has 2 heterocycles. The summed E-state index contributed by atoms with van der Waals surface area (Å²) in [6.07, 6.45) is 3.39. The van der Waals surface area contributed by atoms with Crippen molar-refractivity contribution >= 4 is 22.8 Å². The van der Waals surface area contributed by atoms with Crippen molar-refractivity contribution in [3.8, 4) is 28.2 Å². The summed E-state index contributed by atoms with van der Waals surface area (Å²) in [5.41, 5.74) is 3.72. The highest BCUT2D eigenvalue weighted by Gasteiger charge is 2.47. The molecule has 7 nitrogen and oxygen atoms in total. The summed E-state index contributed by atoms with van der Waals surface area (Å²) in [5.74, 6) is -0.00527. The number of aromatic nitrogens is 1. The van der Waals surface area contributed by atoms with Gasteiger partial charge in [0, 0.05) is 35.3 Å². The number of hydrogen-bond acceptors (Lipinski definition) is 5. The van der Waals surface area contributed by atoms with Crippen molar-refractivity contribution in [2.45, 2.75) is 18.4 Å². The van der Waals surface area contributed by atoms with Crippen LogP contribution in [-0.4, -0.2) is 31.0 Å². The highest BCUT2D eigenvalue weighted by molar-refractivity contribution is 6.12. The number of amides is 2. The molecule has 6 rings (SSSR count). The second-order valence-electron chi connectivity index (χ2n) is 9.77. The average Bonchev–Trinajstić information content (AvgIpc) is 3.68. The smallest absolute Gasteiger partial charge is 0.255 e. The van der Waals surface area contributed by atoms with Gasteiger partial charge in [-0.2, -0.15) is 0 Å². The minimum absolute atomic E-state index is 0.207. The fourth-order valence-corrected chi connectivity index (χ4v) is 5.00. The Kier molecular flexibility index (Phi) is 6.30. The fraction of sp³-hybridized carbons (Fsp3) is 0.156. The van der Waals surface area contributed by atoms with E-state index in [9.17, 15) is 14.0 Å². The van der Waals surface area contributed by atoms with Gasteiger partial charge >= 0.3 is 0 Å². The van der Waals surface area contributed by atoms with Crippen LogP contribution >= 0.6 is 0 Å². The van der Waals surface area contributed by atoms with Crippen molar-refractivity contribution in [2.24, 2.45) is 0 Å². The quantitative estimate of drug-likeness (QED) is 0.263. The first-order chi connectivity index (χ1) is 19.4. The molecule has 1 aliphatic rings. The topological polar surface area (TPSA) is 93.5 Å². The number of carbonyl (C=O) groups excluding carboxylic acids is 2. The molecule has 0 aliphatic heterocycles. The maximum absolute atomic E-state index is 13.6. The maximum atomic E-state index is 13.6. The van der Waals surface area contributed by atoms with Crippen LogP contribution in [-0.2, 0) is 5.54 Å². The molecule has 2 amide bonds. The van der Waals surface area contributed by atoms with Crippen LogP contribution in [0.25, 0.3) is 33.4 Å². The lowest BCUT2D eigenvalue weighted by Crippen LogP contribution is -2.35. The third-order valence-electron chi connectivity index (χ3n) is 7.28. The van der Waals surface area contributed by atoms with E-state index in [2.05, 4.69) is 15.6 Å². The molecule has 8 heteroatoms. The van der Waals surface area contributed by atoms with Crippen molar-refractivity contribution in [2.75, 3.05) is 14.2 Å². The summed E-state index contributed by atoms with van der Waals surface area (Å²) >= 11 is 0. The monoisotopic (exact) mass is 535 g/mol. The van der Waals surface area contributed by atoms with E-state index < -0.39 is 5.54 Å². The highest BCUT2D eigenvalue weighted by atomic mass is 19.1. The Morgan fingerprint density at radius 3 is 2.40 bits per heavy atom. The van der Waals surface area contributed by atoms with Gasteiger partial charge in [0.15, 0.2) is 0 Å². The molecule has 0 saturated heterocycles. The number of ether oxygens (including phenoxy) is 1. The van der Waals surface area contributed by atoms with Crippen LogP contribution in [0.4, 0.5) is 4.39 Å². The zero-order valence-electron chi connectivity index (χ0n) is 22.0. The lowest BCUT2D eigenvalue weighted by Gasteiger charge is -2.18. The first-order valence-corrected chi connectivity index (χ1v) is 12.9. The minimum Gasteiger partial charge on any atom is -0.496 e. The van der Waals surface area contributed by atoms with E-state index in [4.69, 9.17) is 9.15 Å². The summed E-state index contributed by atoms with van der Waals surface area (Å²) in [5, 5.41) is 6.42. The van der Waals surface area contributed by atoms with Gasteiger partial charge in [-0.15, -0.1) is 0 Å². The largest absolute Gasteiger partial charge is 0.496 e. The predicted molar refractivity (Wildman–Crippen MR) is 150 cm³/mol. The highest BCUT2D eigenvalue weighted by Crippen LogP contribution is 2.45. The Morgan fingerprint density at radius 2 is 1.73 bits per heavy atom. The van der Waals surface area contributed by atoms with E-state index in [0.29, 0.717) is 44.7 Å². The second-order valence-corrected chi connectivity index (χ2v) is 9.77. The van der Waals surface area contributed by atoms with Gasteiger partial charge in [-0.1, -0.05) is 12.1 Å². The number of methoxy groups -OCH3 is 1. The first kappa shape index (κ1) is 25.3. The standard InChI is InChI=1S/C32H26FN3O4/c1-34-31(38)28-24-17-20(8-13-26(24)40-29(28)19-6-10-22(33)11-7-19)23-18-21(9-12-25(23)39-2)30(37)36-32(14-15-32)27-5-3-4-16-35-27/h3-13,16-18H,14-15H2,1-2H3,(H,34,38)(H,36,37). The van der Waals surface area contributed by atoms with Crippen LogP contribution in [0.3, 0.4) is 0 Å². The van der Waals surface area contributed by atoms with Crippen LogP contribution in [0.2, 0.25) is 0 Å². The van der Waals surface area contributed by atoms with E-state index in [1.807, 2.05) is 30.3 Å². The molecule has 0 radical (unpaired) electrons. The number of rotatable bonds is 7. The average molecular weight is 536 g/mol. The lowest BCUT2D eigenvalue weighted by molar-refractivity contribution is 0.0928. The summed E-state index contributed by atoms with van der Waals surface area (Å²) in [6.45, 7) is 0. The number of nitrogens with zero attached hydrogens (tertiary/aromatic N) is 1. The van der Waals surface area contributed by atoms with Gasteiger partial charge in [0.1, 0.15) is 22.9 Å². The van der Waals surface area contributed by atoms with Crippen molar-refractivity contribution in [3.05, 3.63) is 108 Å². The summed E-state index contributed by atoms with van der Waals surface area (Å²) < 4.78 is 25.3. The van der Waals surface area contributed by atoms with Gasteiger partial charge in [-0.25, -0.2) is 4.39 Å². The molecule has 0 atom stereocenters. The molecule has 2 aromatic heterocycles. The van der Waals surface area contributed by atoms with Crippen molar-refractivity contribution in [1.82, 2.24) is 15.6 Å². The van der Waals surface area contributed by atoms with Crippen LogP contribution in [0.15, 0.2) is 89.5 Å². The second kappa shape index (κ2) is 9.96. The first-order valence-electron chi connectivity index (χ1n) is 12.9. The Morgan fingerprint density at radius 1 is 0.950 bits per heavy atom. The summed E-state index contributed by atoms with van der Waals surface area (Å²) in [7, 11) is 3.11. The molecule has 0 unspecified atom stereocenters. The normalized spacial score (nSPS) is 13.6. The third kappa shape index (κ3) is 4.47. The van der Waals surface area contributed by atoms with E-state index in [1.165, 1.54) is 12.1 Å². The Bertz CT molecular complexity index is 1740. The number of hydrogen-bond donors (Lipinski definition) is 2. The van der Waals surface area contributed by atoms with E-state index in [1.54, 1.807) is 56.8 Å². The third-order valence-corrected chi connectivity index (χ3v) is 7.28. The van der Waals surface area contributed by atoms with Crippen molar-refractivity contribution in [1.29, 1.82) is 0 Å². The maximum Gasteiger partial charge on any atom is 0.255 e. The number of benzene rings is 3.